The molecule has 0 fully saturated rings. The van der Waals surface area contributed by atoms with Gasteiger partial charge in [0, 0.05) is 22.8 Å². The Balaban J connectivity index is 1.85. The Morgan fingerprint density at radius 3 is 2.46 bits per heavy atom. The van der Waals surface area contributed by atoms with Crippen molar-refractivity contribution in [1.82, 2.24) is 0 Å². The smallest absolute Gasteiger partial charge is 0.0829 e. The first-order valence-corrected chi connectivity index (χ1v) is 9.68. The van der Waals surface area contributed by atoms with Gasteiger partial charge in [-0.05, 0) is 50.6 Å². The summed E-state index contributed by atoms with van der Waals surface area (Å²) in [6, 6.07) is 16.3. The van der Waals surface area contributed by atoms with Crippen LogP contribution >= 0.6 is 11.8 Å². The summed E-state index contributed by atoms with van der Waals surface area (Å²) in [4.78, 5) is 5.26. The van der Waals surface area contributed by atoms with Gasteiger partial charge in [-0.15, -0.1) is 0 Å². The zero-order chi connectivity index (χ0) is 17.3. The van der Waals surface area contributed by atoms with Crippen molar-refractivity contribution in [2.24, 2.45) is 0 Å². The van der Waals surface area contributed by atoms with E-state index >= 15 is 0 Å². The summed E-state index contributed by atoms with van der Waals surface area (Å²) in [7, 11) is 4.67. The number of quaternary nitrogens is 1. The summed E-state index contributed by atoms with van der Waals surface area (Å²) < 4.78 is 1.07. The van der Waals surface area contributed by atoms with Gasteiger partial charge in [-0.25, -0.2) is 0 Å². The van der Waals surface area contributed by atoms with E-state index in [1.807, 2.05) is 11.8 Å². The molecule has 0 atom stereocenters. The van der Waals surface area contributed by atoms with Crippen molar-refractivity contribution in [3.05, 3.63) is 48.0 Å². The molecule has 0 radical (unpaired) electrons. The van der Waals surface area contributed by atoms with E-state index in [1.54, 1.807) is 0 Å². The molecule has 0 amide bonds. The molecule has 0 unspecified atom stereocenters. The van der Waals surface area contributed by atoms with Gasteiger partial charge in [0.05, 0.1) is 38.1 Å². The van der Waals surface area contributed by atoms with E-state index in [0.717, 1.165) is 11.0 Å². The molecule has 1 aliphatic rings. The number of anilines is 2. The molecule has 0 spiro atoms. The van der Waals surface area contributed by atoms with E-state index in [0.29, 0.717) is 6.04 Å². The van der Waals surface area contributed by atoms with Crippen LogP contribution in [0.3, 0.4) is 0 Å². The maximum absolute atomic E-state index is 2.52. The summed E-state index contributed by atoms with van der Waals surface area (Å²) in [5, 5.41) is 0. The highest BCUT2D eigenvalue weighted by molar-refractivity contribution is 7.99. The number of para-hydroxylation sites is 1. The monoisotopic (exact) mass is 341 g/mol. The van der Waals surface area contributed by atoms with E-state index in [2.05, 4.69) is 82.2 Å². The van der Waals surface area contributed by atoms with Crippen molar-refractivity contribution in [2.45, 2.75) is 43.0 Å². The lowest BCUT2D eigenvalue weighted by Gasteiger charge is -2.37. The molecule has 128 valence electrons. The minimum Gasteiger partial charge on any atom is -0.339 e. The average molecular weight is 342 g/mol. The van der Waals surface area contributed by atoms with E-state index in [-0.39, 0.29) is 0 Å². The van der Waals surface area contributed by atoms with Crippen molar-refractivity contribution < 1.29 is 4.48 Å². The van der Waals surface area contributed by atoms with Crippen molar-refractivity contribution >= 4 is 23.1 Å². The second-order valence-electron chi connectivity index (χ2n) is 7.64. The normalized spacial score (nSPS) is 13.8. The van der Waals surface area contributed by atoms with E-state index < -0.39 is 0 Å². The first kappa shape index (κ1) is 17.4. The van der Waals surface area contributed by atoms with Crippen LogP contribution in [-0.4, -0.2) is 37.7 Å². The van der Waals surface area contributed by atoms with Gasteiger partial charge in [-0.1, -0.05) is 30.0 Å². The summed E-state index contributed by atoms with van der Waals surface area (Å²) in [5.74, 6) is 0. The number of benzene rings is 2. The Labute approximate surface area is 151 Å². The van der Waals surface area contributed by atoms with Crippen molar-refractivity contribution in [3.63, 3.8) is 0 Å². The number of rotatable bonds is 5. The maximum atomic E-state index is 2.52. The van der Waals surface area contributed by atoms with Gasteiger partial charge in [0.2, 0.25) is 0 Å². The van der Waals surface area contributed by atoms with Crippen LogP contribution in [0.5, 0.6) is 0 Å². The second-order valence-corrected chi connectivity index (χ2v) is 8.73. The Morgan fingerprint density at radius 2 is 1.71 bits per heavy atom. The summed E-state index contributed by atoms with van der Waals surface area (Å²) in [6.45, 7) is 9.08. The van der Waals surface area contributed by atoms with E-state index in [4.69, 9.17) is 0 Å². The lowest BCUT2D eigenvalue weighted by atomic mass is 10.1. The van der Waals surface area contributed by atoms with Crippen molar-refractivity contribution in [2.75, 3.05) is 32.1 Å². The highest BCUT2D eigenvalue weighted by Crippen LogP contribution is 2.48. The van der Waals surface area contributed by atoms with Crippen LogP contribution in [0.1, 0.15) is 25.8 Å². The summed E-state index contributed by atoms with van der Waals surface area (Å²) in [5.41, 5.74) is 4.06. The van der Waals surface area contributed by atoms with Crippen LogP contribution in [0.2, 0.25) is 0 Å². The maximum Gasteiger partial charge on any atom is 0.0829 e. The summed E-state index contributed by atoms with van der Waals surface area (Å²) in [6.07, 6.45) is 1.19. The Morgan fingerprint density at radius 1 is 1.00 bits per heavy atom. The minimum atomic E-state index is 0.656. The molecule has 2 aromatic carbocycles. The highest BCUT2D eigenvalue weighted by Gasteiger charge is 2.25. The first-order valence-electron chi connectivity index (χ1n) is 8.86. The van der Waals surface area contributed by atoms with Crippen molar-refractivity contribution in [1.29, 1.82) is 0 Å². The molecule has 0 aliphatic carbocycles. The fraction of sp³-hybridized carbons (Fsp3) is 0.429. The van der Waals surface area contributed by atoms with Gasteiger partial charge in [0.15, 0.2) is 0 Å². The second kappa shape index (κ2) is 6.81. The Bertz CT molecular complexity index is 722. The number of nitrogens with zero attached hydrogens (tertiary/aromatic N) is 2. The SMILES string of the molecule is Cc1ccc2c(c1)N(CCC[N+](C)(C)C(C)C)c1ccccc1S2. The Kier molecular flexibility index (Phi) is 4.93. The molecule has 2 aromatic rings. The molecule has 0 N–H and O–H groups in total. The third-order valence-electron chi connectivity index (χ3n) is 5.30. The average Bonchev–Trinajstić information content (AvgIpc) is 2.54. The fourth-order valence-electron chi connectivity index (χ4n) is 3.07. The molecule has 0 aromatic heterocycles. The van der Waals surface area contributed by atoms with Gasteiger partial charge >= 0.3 is 0 Å². The largest absolute Gasteiger partial charge is 0.339 e. The number of hydrogen-bond acceptors (Lipinski definition) is 2. The van der Waals surface area contributed by atoms with Crippen LogP contribution in [-0.2, 0) is 0 Å². The van der Waals surface area contributed by atoms with Crippen LogP contribution in [0.4, 0.5) is 11.4 Å². The van der Waals surface area contributed by atoms with Gasteiger partial charge in [0.25, 0.3) is 0 Å². The standard InChI is InChI=1S/C21H29N2S/c1-16(2)23(4,5)14-8-13-22-18-9-6-7-10-20(18)24-21-12-11-17(3)15-19(21)22/h6-7,9-12,15-16H,8,13-14H2,1-5H3/q+1. The fourth-order valence-corrected chi connectivity index (χ4v) is 4.15. The van der Waals surface area contributed by atoms with E-state index in [9.17, 15) is 0 Å². The Hall–Kier alpha value is -1.45. The predicted molar refractivity (Wildman–Crippen MR) is 105 cm³/mol. The van der Waals surface area contributed by atoms with Gasteiger partial charge in [-0.3, -0.25) is 0 Å². The minimum absolute atomic E-state index is 0.656. The van der Waals surface area contributed by atoms with Gasteiger partial charge < -0.3 is 9.38 Å². The predicted octanol–water partition coefficient (Wildman–Crippen LogP) is 5.47. The molecule has 3 heteroatoms. The zero-order valence-corrected chi connectivity index (χ0v) is 16.4. The molecular weight excluding hydrogens is 312 g/mol. The molecule has 0 saturated heterocycles. The van der Waals surface area contributed by atoms with Crippen LogP contribution in [0, 0.1) is 6.92 Å². The molecule has 1 aliphatic heterocycles. The van der Waals surface area contributed by atoms with Crippen LogP contribution < -0.4 is 4.90 Å². The number of fused-ring (bicyclic) bond motifs is 2. The first-order chi connectivity index (χ1) is 11.4. The molecule has 0 saturated carbocycles. The quantitative estimate of drug-likeness (QED) is 0.663. The summed E-state index contributed by atoms with van der Waals surface area (Å²) >= 11 is 1.89. The molecule has 24 heavy (non-hydrogen) atoms. The third-order valence-corrected chi connectivity index (χ3v) is 6.43. The topological polar surface area (TPSA) is 3.24 Å². The molecule has 0 bridgehead atoms. The number of aryl methyl sites for hydroxylation is 1. The van der Waals surface area contributed by atoms with E-state index in [1.165, 1.54) is 39.7 Å². The number of hydrogen-bond donors (Lipinski definition) is 0. The third kappa shape index (κ3) is 3.47. The molecule has 1 heterocycles. The van der Waals surface area contributed by atoms with Crippen LogP contribution in [0.25, 0.3) is 0 Å². The van der Waals surface area contributed by atoms with Crippen molar-refractivity contribution in [3.8, 4) is 0 Å². The van der Waals surface area contributed by atoms with Gasteiger partial charge in [0.1, 0.15) is 0 Å². The highest BCUT2D eigenvalue weighted by atomic mass is 32.2. The molecule has 2 nitrogen and oxygen atoms in total. The molecule has 3 rings (SSSR count). The molecular formula is C21H29N2S+. The lowest BCUT2D eigenvalue weighted by molar-refractivity contribution is -0.911. The lowest BCUT2D eigenvalue weighted by Crippen LogP contribution is -2.47. The van der Waals surface area contributed by atoms with Crippen LogP contribution in [0.15, 0.2) is 52.3 Å². The van der Waals surface area contributed by atoms with Gasteiger partial charge in [-0.2, -0.15) is 0 Å². The zero-order valence-electron chi connectivity index (χ0n) is 15.5.